The lowest BCUT2D eigenvalue weighted by Crippen LogP contribution is -2.43. The van der Waals surface area contributed by atoms with Crippen LogP contribution in [-0.4, -0.2) is 31.1 Å². The van der Waals surface area contributed by atoms with Crippen molar-refractivity contribution < 1.29 is 0 Å². The average Bonchev–Trinajstić information content (AvgIpc) is 3.20. The van der Waals surface area contributed by atoms with E-state index < -0.39 is 0 Å². The number of halogens is 1. The Morgan fingerprint density at radius 2 is 2.10 bits per heavy atom. The van der Waals surface area contributed by atoms with Crippen molar-refractivity contribution >= 4 is 12.4 Å². The molecule has 1 aliphatic carbocycles. The van der Waals surface area contributed by atoms with Gasteiger partial charge in [0.1, 0.15) is 0 Å². The van der Waals surface area contributed by atoms with E-state index in [0.717, 1.165) is 5.92 Å². The zero-order valence-corrected chi connectivity index (χ0v) is 12.9. The molecule has 2 heterocycles. The molecule has 1 N–H and O–H groups in total. The molecule has 1 unspecified atom stereocenters. The van der Waals surface area contributed by atoms with E-state index in [1.54, 1.807) is 11.1 Å². The number of benzene rings is 1. The maximum Gasteiger partial charge on any atom is 0.0237 e. The van der Waals surface area contributed by atoms with Crippen molar-refractivity contribution in [3.05, 3.63) is 35.4 Å². The number of nitrogens with zero attached hydrogens (tertiary/aromatic N) is 1. The molecular weight excluding hydrogens is 268 g/mol. The van der Waals surface area contributed by atoms with Crippen LogP contribution < -0.4 is 5.32 Å². The predicted octanol–water partition coefficient (Wildman–Crippen LogP) is 2.96. The van der Waals surface area contributed by atoms with E-state index in [2.05, 4.69) is 34.5 Å². The second kappa shape index (κ2) is 5.67. The van der Waals surface area contributed by atoms with Crippen LogP contribution in [-0.2, 0) is 12.0 Å². The summed E-state index contributed by atoms with van der Waals surface area (Å²) in [5, 5.41) is 3.55. The van der Waals surface area contributed by atoms with Crippen molar-refractivity contribution in [1.29, 1.82) is 0 Å². The van der Waals surface area contributed by atoms with Crippen LogP contribution in [0.4, 0.5) is 0 Å². The second-order valence-corrected chi connectivity index (χ2v) is 6.82. The van der Waals surface area contributed by atoms with Crippen molar-refractivity contribution in [1.82, 2.24) is 10.2 Å². The number of fused-ring (bicyclic) bond motifs is 2. The van der Waals surface area contributed by atoms with Gasteiger partial charge < -0.3 is 5.32 Å². The topological polar surface area (TPSA) is 15.3 Å². The van der Waals surface area contributed by atoms with Crippen molar-refractivity contribution in [2.45, 2.75) is 37.6 Å². The molecular formula is C17H25ClN2. The molecule has 110 valence electrons. The number of hydrogen-bond donors (Lipinski definition) is 1. The molecule has 3 aliphatic rings. The zero-order chi connectivity index (χ0) is 12.7. The molecule has 0 bridgehead atoms. The van der Waals surface area contributed by atoms with E-state index in [-0.39, 0.29) is 12.4 Å². The maximum absolute atomic E-state index is 3.55. The third-order valence-electron chi connectivity index (χ3n) is 5.28. The summed E-state index contributed by atoms with van der Waals surface area (Å²) in [5.74, 6) is 0.870. The standard InChI is InChI=1S/C17H24N2.ClH/c1-2-6-16-15(5-1)12-19(13-17(16)7-8-17)11-14-4-3-9-18-10-14;/h1-2,5-6,14,18H,3-4,7-13H2;1H. The minimum Gasteiger partial charge on any atom is -0.316 e. The lowest BCUT2D eigenvalue weighted by atomic mass is 9.86. The summed E-state index contributed by atoms with van der Waals surface area (Å²) in [7, 11) is 0. The lowest BCUT2D eigenvalue weighted by molar-refractivity contribution is 0.173. The molecule has 0 radical (unpaired) electrons. The Kier molecular flexibility index (Phi) is 4.07. The molecule has 2 fully saturated rings. The van der Waals surface area contributed by atoms with Crippen LogP contribution in [0.1, 0.15) is 36.8 Å². The van der Waals surface area contributed by atoms with Crippen LogP contribution in [0.2, 0.25) is 0 Å². The van der Waals surface area contributed by atoms with Gasteiger partial charge in [0.15, 0.2) is 0 Å². The number of rotatable bonds is 2. The Bertz CT molecular complexity index is 464. The van der Waals surface area contributed by atoms with Crippen molar-refractivity contribution in [3.63, 3.8) is 0 Å². The molecule has 1 saturated heterocycles. The van der Waals surface area contributed by atoms with E-state index in [9.17, 15) is 0 Å². The number of piperidine rings is 1. The summed E-state index contributed by atoms with van der Waals surface area (Å²) in [6, 6.07) is 9.16. The Balaban J connectivity index is 0.00000121. The summed E-state index contributed by atoms with van der Waals surface area (Å²) in [6.45, 7) is 6.23. The van der Waals surface area contributed by atoms with Gasteiger partial charge >= 0.3 is 0 Å². The van der Waals surface area contributed by atoms with Gasteiger partial charge in [0.2, 0.25) is 0 Å². The summed E-state index contributed by atoms with van der Waals surface area (Å²) in [4.78, 5) is 2.73. The van der Waals surface area contributed by atoms with E-state index in [1.165, 1.54) is 58.4 Å². The fraction of sp³-hybridized carbons (Fsp3) is 0.647. The zero-order valence-electron chi connectivity index (χ0n) is 12.1. The predicted molar refractivity (Wildman–Crippen MR) is 85.5 cm³/mol. The number of nitrogens with one attached hydrogen (secondary N) is 1. The lowest BCUT2D eigenvalue weighted by Gasteiger charge is -2.38. The molecule has 1 spiro atoms. The summed E-state index contributed by atoms with van der Waals surface area (Å²) >= 11 is 0. The first-order valence-corrected chi connectivity index (χ1v) is 7.87. The van der Waals surface area contributed by atoms with Crippen LogP contribution in [0.5, 0.6) is 0 Å². The van der Waals surface area contributed by atoms with Gasteiger partial charge in [0.05, 0.1) is 0 Å². The van der Waals surface area contributed by atoms with Gasteiger partial charge in [-0.2, -0.15) is 0 Å². The molecule has 1 aromatic rings. The summed E-state index contributed by atoms with van der Waals surface area (Å²) in [5.41, 5.74) is 3.79. The van der Waals surface area contributed by atoms with Gasteiger partial charge in [-0.1, -0.05) is 24.3 Å². The third-order valence-corrected chi connectivity index (χ3v) is 5.28. The van der Waals surface area contributed by atoms with E-state index in [4.69, 9.17) is 0 Å². The molecule has 20 heavy (non-hydrogen) atoms. The molecule has 1 saturated carbocycles. The van der Waals surface area contributed by atoms with Crippen LogP contribution in [0.15, 0.2) is 24.3 Å². The van der Waals surface area contributed by atoms with Crippen molar-refractivity contribution in [3.8, 4) is 0 Å². The summed E-state index contributed by atoms with van der Waals surface area (Å²) < 4.78 is 0. The molecule has 0 amide bonds. The highest BCUT2D eigenvalue weighted by atomic mass is 35.5. The van der Waals surface area contributed by atoms with Gasteiger partial charge in [0.25, 0.3) is 0 Å². The van der Waals surface area contributed by atoms with Gasteiger partial charge in [-0.15, -0.1) is 12.4 Å². The molecule has 2 nitrogen and oxygen atoms in total. The highest BCUT2D eigenvalue weighted by molar-refractivity contribution is 5.85. The molecule has 1 atom stereocenters. The minimum atomic E-state index is 0. The Labute approximate surface area is 128 Å². The molecule has 0 aromatic heterocycles. The first-order valence-electron chi connectivity index (χ1n) is 7.87. The second-order valence-electron chi connectivity index (χ2n) is 6.82. The number of hydrogen-bond acceptors (Lipinski definition) is 2. The minimum absolute atomic E-state index is 0. The fourth-order valence-corrected chi connectivity index (χ4v) is 4.14. The Morgan fingerprint density at radius 3 is 2.85 bits per heavy atom. The van der Waals surface area contributed by atoms with E-state index in [0.29, 0.717) is 5.41 Å². The molecule has 1 aromatic carbocycles. The van der Waals surface area contributed by atoms with Gasteiger partial charge in [0, 0.05) is 25.0 Å². The van der Waals surface area contributed by atoms with Crippen LogP contribution in [0.3, 0.4) is 0 Å². The highest BCUT2D eigenvalue weighted by Gasteiger charge is 2.48. The van der Waals surface area contributed by atoms with Crippen LogP contribution >= 0.6 is 12.4 Å². The third kappa shape index (κ3) is 2.61. The monoisotopic (exact) mass is 292 g/mol. The molecule has 4 rings (SSSR count). The Hall–Kier alpha value is -0.570. The van der Waals surface area contributed by atoms with Crippen LogP contribution in [0.25, 0.3) is 0 Å². The normalized spacial score (nSPS) is 27.7. The summed E-state index contributed by atoms with van der Waals surface area (Å²) in [6.07, 6.45) is 5.59. The first kappa shape index (κ1) is 14.4. The SMILES string of the molecule is Cl.c1ccc2c(c1)CN(CC1CCCNC1)CC21CC1. The first-order chi connectivity index (χ1) is 9.36. The largest absolute Gasteiger partial charge is 0.316 e. The van der Waals surface area contributed by atoms with E-state index in [1.807, 2.05) is 0 Å². The van der Waals surface area contributed by atoms with Crippen LogP contribution in [0, 0.1) is 5.92 Å². The van der Waals surface area contributed by atoms with Crippen molar-refractivity contribution in [2.24, 2.45) is 5.92 Å². The smallest absolute Gasteiger partial charge is 0.0237 e. The molecule has 3 heteroatoms. The fourth-order valence-electron chi connectivity index (χ4n) is 4.14. The van der Waals surface area contributed by atoms with Crippen molar-refractivity contribution in [2.75, 3.05) is 26.2 Å². The highest BCUT2D eigenvalue weighted by Crippen LogP contribution is 2.52. The maximum atomic E-state index is 3.55. The van der Waals surface area contributed by atoms with Gasteiger partial charge in [-0.25, -0.2) is 0 Å². The van der Waals surface area contributed by atoms with E-state index >= 15 is 0 Å². The quantitative estimate of drug-likeness (QED) is 0.902. The van der Waals surface area contributed by atoms with Gasteiger partial charge in [-0.05, 0) is 55.8 Å². The Morgan fingerprint density at radius 1 is 1.25 bits per heavy atom. The molecule has 2 aliphatic heterocycles. The average molecular weight is 293 g/mol. The van der Waals surface area contributed by atoms with Gasteiger partial charge in [-0.3, -0.25) is 4.90 Å².